The first kappa shape index (κ1) is 16.9. The number of rotatable bonds is 7. The van der Waals surface area contributed by atoms with Crippen LogP contribution in [0, 0.1) is 0 Å². The molecule has 0 aliphatic carbocycles. The quantitative estimate of drug-likeness (QED) is 0.449. The third kappa shape index (κ3) is 3.96. The van der Waals surface area contributed by atoms with Gasteiger partial charge in [0.2, 0.25) is 0 Å². The molecule has 130 valence electrons. The first-order valence-electron chi connectivity index (χ1n) is 7.85. The molecule has 0 saturated heterocycles. The summed E-state index contributed by atoms with van der Waals surface area (Å²) < 4.78 is 7.02. The van der Waals surface area contributed by atoms with Crippen LogP contribution in [0.15, 0.2) is 48.8 Å². The van der Waals surface area contributed by atoms with Crippen LogP contribution in [0.5, 0.6) is 5.75 Å². The number of Topliss-reactive ketones (excluding diaryl/α,β-unsaturated/α-hetero) is 1. The van der Waals surface area contributed by atoms with Crippen LogP contribution in [0.2, 0.25) is 0 Å². The van der Waals surface area contributed by atoms with Gasteiger partial charge in [0.25, 0.3) is 0 Å². The number of hydrogen-bond donors (Lipinski definition) is 3. The van der Waals surface area contributed by atoms with E-state index < -0.39 is 6.23 Å². The van der Waals surface area contributed by atoms with E-state index >= 15 is 0 Å². The van der Waals surface area contributed by atoms with E-state index in [2.05, 4.69) is 10.3 Å². The Morgan fingerprint density at radius 3 is 2.68 bits per heavy atom. The fraction of sp³-hybridized carbons (Fsp3) is 0.222. The van der Waals surface area contributed by atoms with Crippen LogP contribution < -0.4 is 10.1 Å². The molecule has 0 saturated carbocycles. The molecule has 1 unspecified atom stereocenters. The lowest BCUT2D eigenvalue weighted by Gasteiger charge is -2.15. The molecule has 0 radical (unpaired) electrons. The Morgan fingerprint density at radius 1 is 1.24 bits per heavy atom. The monoisotopic (exact) mass is 341 g/mol. The maximum absolute atomic E-state index is 11.4. The summed E-state index contributed by atoms with van der Waals surface area (Å²) in [6.45, 7) is 1.65. The lowest BCUT2D eigenvalue weighted by atomic mass is 10.2. The zero-order valence-corrected chi connectivity index (χ0v) is 13.7. The van der Waals surface area contributed by atoms with Crippen LogP contribution in [0.1, 0.15) is 29.2 Å². The fourth-order valence-corrected chi connectivity index (χ4v) is 2.40. The number of hydrogen-bond acceptors (Lipinski definition) is 6. The zero-order chi connectivity index (χ0) is 17.8. The number of benzene rings is 1. The maximum Gasteiger partial charge on any atom is 0.179 e. The molecule has 3 rings (SSSR count). The largest absolute Gasteiger partial charge is 0.491 e. The molecule has 7 heteroatoms. The summed E-state index contributed by atoms with van der Waals surface area (Å²) in [5.74, 6) is 0.531. The van der Waals surface area contributed by atoms with Gasteiger partial charge in [0, 0.05) is 24.9 Å². The number of nitrogens with zero attached hydrogens (tertiary/aromatic N) is 2. The van der Waals surface area contributed by atoms with Crippen LogP contribution in [-0.4, -0.2) is 38.6 Å². The van der Waals surface area contributed by atoms with Gasteiger partial charge in [-0.1, -0.05) is 12.1 Å². The second-order valence-electron chi connectivity index (χ2n) is 5.55. The molecule has 0 aliphatic heterocycles. The second-order valence-corrected chi connectivity index (χ2v) is 5.55. The maximum atomic E-state index is 11.4. The number of aliphatic hydroxyl groups excluding tert-OH is 2. The molecule has 0 bridgehead atoms. The third-order valence-corrected chi connectivity index (χ3v) is 3.67. The van der Waals surface area contributed by atoms with E-state index in [-0.39, 0.29) is 19.0 Å². The Balaban J connectivity index is 1.72. The zero-order valence-electron chi connectivity index (χ0n) is 13.7. The van der Waals surface area contributed by atoms with E-state index in [0.29, 0.717) is 28.3 Å². The lowest BCUT2D eigenvalue weighted by Crippen LogP contribution is -2.10. The third-order valence-electron chi connectivity index (χ3n) is 3.67. The number of anilines is 1. The molecule has 2 heterocycles. The predicted molar refractivity (Wildman–Crippen MR) is 92.8 cm³/mol. The number of carbonyl (C=O) groups excluding carboxylic acids is 1. The molecule has 3 N–H and O–H groups in total. The van der Waals surface area contributed by atoms with Gasteiger partial charge in [-0.15, -0.1) is 0 Å². The smallest absolute Gasteiger partial charge is 0.179 e. The second kappa shape index (κ2) is 7.33. The number of imidazole rings is 1. The average molecular weight is 341 g/mol. The standard InChI is InChI=1S/C18H19N3O4/c1-12(23)16-11-21-10-14(4-7-17(21)20-16)19-18(24)13-2-5-15(6-3-13)25-9-8-22/h2-7,10-11,18-19,22,24H,8-9H2,1H3. The number of pyridine rings is 1. The summed E-state index contributed by atoms with van der Waals surface area (Å²) in [6.07, 6.45) is 2.51. The summed E-state index contributed by atoms with van der Waals surface area (Å²) in [7, 11) is 0. The Kier molecular flexibility index (Phi) is 4.97. The van der Waals surface area contributed by atoms with Gasteiger partial charge in [-0.2, -0.15) is 0 Å². The summed E-state index contributed by atoms with van der Waals surface area (Å²) in [5.41, 5.74) is 2.42. The molecule has 0 aliphatic rings. The summed E-state index contributed by atoms with van der Waals surface area (Å²) in [4.78, 5) is 15.6. The van der Waals surface area contributed by atoms with Gasteiger partial charge in [-0.05, 0) is 24.3 Å². The number of fused-ring (bicyclic) bond motifs is 1. The number of nitrogens with one attached hydrogen (secondary N) is 1. The van der Waals surface area contributed by atoms with E-state index in [1.807, 2.05) is 0 Å². The minimum absolute atomic E-state index is 0.0476. The Labute approximate surface area is 144 Å². The van der Waals surface area contributed by atoms with Crippen molar-refractivity contribution in [3.05, 3.63) is 60.0 Å². The number of aliphatic hydroxyl groups is 2. The molecule has 7 nitrogen and oxygen atoms in total. The van der Waals surface area contributed by atoms with Crippen molar-refractivity contribution < 1.29 is 19.7 Å². The minimum atomic E-state index is -0.903. The molecule has 2 aromatic heterocycles. The van der Waals surface area contributed by atoms with Gasteiger partial charge in [0.1, 0.15) is 23.7 Å². The number of ketones is 1. The van der Waals surface area contributed by atoms with Crippen LogP contribution >= 0.6 is 0 Å². The van der Waals surface area contributed by atoms with Crippen molar-refractivity contribution in [1.29, 1.82) is 0 Å². The van der Waals surface area contributed by atoms with Gasteiger partial charge < -0.3 is 24.7 Å². The van der Waals surface area contributed by atoms with Crippen LogP contribution in [0.3, 0.4) is 0 Å². The Hall–Kier alpha value is -2.90. The number of aromatic nitrogens is 2. The Morgan fingerprint density at radius 2 is 2.00 bits per heavy atom. The fourth-order valence-electron chi connectivity index (χ4n) is 2.40. The van der Waals surface area contributed by atoms with Gasteiger partial charge in [0.15, 0.2) is 12.0 Å². The van der Waals surface area contributed by atoms with E-state index in [1.54, 1.807) is 53.2 Å². The molecule has 0 spiro atoms. The van der Waals surface area contributed by atoms with Gasteiger partial charge in [-0.3, -0.25) is 4.79 Å². The predicted octanol–water partition coefficient (Wildman–Crippen LogP) is 2.01. The molecule has 1 aromatic carbocycles. The molecule has 0 amide bonds. The highest BCUT2D eigenvalue weighted by molar-refractivity contribution is 5.92. The van der Waals surface area contributed by atoms with Crippen LogP contribution in [0.4, 0.5) is 5.69 Å². The number of ether oxygens (including phenoxy) is 1. The van der Waals surface area contributed by atoms with Crippen molar-refractivity contribution in [3.63, 3.8) is 0 Å². The minimum Gasteiger partial charge on any atom is -0.491 e. The van der Waals surface area contributed by atoms with E-state index in [9.17, 15) is 9.90 Å². The molecule has 25 heavy (non-hydrogen) atoms. The summed E-state index contributed by atoms with van der Waals surface area (Å²) >= 11 is 0. The molecule has 0 fully saturated rings. The van der Waals surface area contributed by atoms with Gasteiger partial charge in [-0.25, -0.2) is 4.98 Å². The van der Waals surface area contributed by atoms with Gasteiger partial charge >= 0.3 is 0 Å². The van der Waals surface area contributed by atoms with Crippen molar-refractivity contribution in [2.45, 2.75) is 13.2 Å². The average Bonchev–Trinajstić information content (AvgIpc) is 3.04. The highest BCUT2D eigenvalue weighted by atomic mass is 16.5. The van der Waals surface area contributed by atoms with Crippen molar-refractivity contribution >= 4 is 17.1 Å². The summed E-state index contributed by atoms with van der Waals surface area (Å²) in [5, 5.41) is 22.1. The highest BCUT2D eigenvalue weighted by Crippen LogP contribution is 2.21. The summed E-state index contributed by atoms with van der Waals surface area (Å²) in [6, 6.07) is 10.5. The first-order valence-corrected chi connectivity index (χ1v) is 7.85. The van der Waals surface area contributed by atoms with E-state index in [4.69, 9.17) is 9.84 Å². The van der Waals surface area contributed by atoms with Gasteiger partial charge in [0.05, 0.1) is 12.3 Å². The van der Waals surface area contributed by atoms with Crippen molar-refractivity contribution in [2.24, 2.45) is 0 Å². The van der Waals surface area contributed by atoms with Crippen molar-refractivity contribution in [1.82, 2.24) is 9.38 Å². The lowest BCUT2D eigenvalue weighted by molar-refractivity contribution is 0.101. The highest BCUT2D eigenvalue weighted by Gasteiger charge is 2.10. The Bertz CT molecular complexity index is 874. The van der Waals surface area contributed by atoms with Crippen LogP contribution in [-0.2, 0) is 0 Å². The SMILES string of the molecule is CC(=O)c1cn2cc(NC(O)c3ccc(OCCO)cc3)ccc2n1. The molecular weight excluding hydrogens is 322 g/mol. The van der Waals surface area contributed by atoms with Crippen LogP contribution in [0.25, 0.3) is 5.65 Å². The van der Waals surface area contributed by atoms with Crippen molar-refractivity contribution in [2.75, 3.05) is 18.5 Å². The topological polar surface area (TPSA) is 96.1 Å². The normalized spacial score (nSPS) is 12.1. The van der Waals surface area contributed by atoms with E-state index in [1.165, 1.54) is 6.92 Å². The molecule has 3 aromatic rings. The van der Waals surface area contributed by atoms with Crippen molar-refractivity contribution in [3.8, 4) is 5.75 Å². The number of carbonyl (C=O) groups is 1. The van der Waals surface area contributed by atoms with E-state index in [0.717, 1.165) is 0 Å². The molecule has 1 atom stereocenters. The first-order chi connectivity index (χ1) is 12.1. The molecular formula is C18H19N3O4.